The highest BCUT2D eigenvalue weighted by Gasteiger charge is 2.51. The third-order valence-corrected chi connectivity index (χ3v) is 12.7. The monoisotopic (exact) mass is 799 g/mol. The number of aromatic nitrogens is 2. The third kappa shape index (κ3) is 10.6. The number of amides is 1. The molecule has 1 fully saturated rings. The van der Waals surface area contributed by atoms with E-state index in [4.69, 9.17) is 38.1 Å². The number of para-hydroxylation sites is 1. The molecule has 0 spiro atoms. The van der Waals surface area contributed by atoms with Crippen LogP contribution in [0.4, 0.5) is 4.79 Å². The van der Waals surface area contributed by atoms with Gasteiger partial charge in [-0.1, -0.05) is 53.1 Å². The van der Waals surface area contributed by atoms with Gasteiger partial charge in [0.15, 0.2) is 0 Å². The van der Waals surface area contributed by atoms with Crippen molar-refractivity contribution in [1.29, 1.82) is 0 Å². The highest BCUT2D eigenvalue weighted by Crippen LogP contribution is 2.41. The summed E-state index contributed by atoms with van der Waals surface area (Å²) in [6.45, 7) is 4.55. The molecule has 6 rings (SSSR count). The van der Waals surface area contributed by atoms with Crippen molar-refractivity contribution < 1.29 is 47.5 Å². The SMILES string of the molecule is CCC1(OC(=O)OCCOCCOCCOCCOCCNC(=O)CCCCC2CCSS2)C(=O)OCc2c1cc1n(c2=O)-c2cc3ccccc3nc2C1. The van der Waals surface area contributed by atoms with Gasteiger partial charge in [-0.3, -0.25) is 19.1 Å². The first-order valence-corrected chi connectivity index (χ1v) is 21.3. The average Bonchev–Trinajstić information content (AvgIpc) is 3.84. The highest BCUT2D eigenvalue weighted by molar-refractivity contribution is 8.77. The molecule has 0 radical (unpaired) electrons. The van der Waals surface area contributed by atoms with Crippen LogP contribution in [0.5, 0.6) is 0 Å². The van der Waals surface area contributed by atoms with E-state index in [1.54, 1.807) is 17.6 Å². The van der Waals surface area contributed by atoms with Crippen LogP contribution in [0.2, 0.25) is 0 Å². The normalized spacial score (nSPS) is 18.4. The minimum absolute atomic E-state index is 0.0372. The quantitative estimate of drug-likeness (QED) is 0.0642. The Morgan fingerprint density at radius 2 is 1.69 bits per heavy atom. The number of nitrogens with zero attached hydrogens (tertiary/aromatic N) is 2. The number of pyridine rings is 2. The lowest BCUT2D eigenvalue weighted by Crippen LogP contribution is -2.47. The van der Waals surface area contributed by atoms with Crippen LogP contribution in [-0.4, -0.2) is 105 Å². The Morgan fingerprint density at radius 1 is 0.964 bits per heavy atom. The largest absolute Gasteiger partial charge is 0.509 e. The molecular weight excluding hydrogens is 751 g/mol. The van der Waals surface area contributed by atoms with Gasteiger partial charge in [-0.05, 0) is 43.9 Å². The summed E-state index contributed by atoms with van der Waals surface area (Å²) >= 11 is 0. The molecule has 3 aliphatic rings. The van der Waals surface area contributed by atoms with Gasteiger partial charge >= 0.3 is 12.1 Å². The van der Waals surface area contributed by atoms with Gasteiger partial charge in [-0.15, -0.1) is 0 Å². The first-order valence-electron chi connectivity index (χ1n) is 19.0. The Morgan fingerprint density at radius 3 is 2.42 bits per heavy atom. The Bertz CT molecular complexity index is 1850. The van der Waals surface area contributed by atoms with Crippen LogP contribution in [0, 0.1) is 0 Å². The molecule has 1 aromatic carbocycles. The summed E-state index contributed by atoms with van der Waals surface area (Å²) in [5.74, 6) is 0.559. The predicted octanol–water partition coefficient (Wildman–Crippen LogP) is 5.00. The van der Waals surface area contributed by atoms with Gasteiger partial charge < -0.3 is 38.5 Å². The predicted molar refractivity (Wildman–Crippen MR) is 208 cm³/mol. The van der Waals surface area contributed by atoms with Crippen LogP contribution in [0.1, 0.15) is 68.0 Å². The summed E-state index contributed by atoms with van der Waals surface area (Å²) in [5, 5.41) is 4.56. The van der Waals surface area contributed by atoms with Crippen molar-refractivity contribution in [2.45, 2.75) is 69.3 Å². The van der Waals surface area contributed by atoms with Gasteiger partial charge in [0.2, 0.25) is 11.5 Å². The van der Waals surface area contributed by atoms with E-state index in [9.17, 15) is 19.2 Å². The third-order valence-electron chi connectivity index (χ3n) is 9.66. The summed E-state index contributed by atoms with van der Waals surface area (Å²) in [7, 11) is 3.94. The van der Waals surface area contributed by atoms with Crippen LogP contribution in [0.15, 0.2) is 41.2 Å². The summed E-state index contributed by atoms with van der Waals surface area (Å²) in [5.41, 5.74) is 1.26. The second-order valence-electron chi connectivity index (χ2n) is 13.3. The first-order chi connectivity index (χ1) is 26.9. The maximum Gasteiger partial charge on any atom is 0.509 e. The van der Waals surface area contributed by atoms with Gasteiger partial charge in [0, 0.05) is 47.0 Å². The number of esters is 1. The van der Waals surface area contributed by atoms with Gasteiger partial charge in [-0.2, -0.15) is 0 Å². The highest BCUT2D eigenvalue weighted by atomic mass is 33.1. The van der Waals surface area contributed by atoms with Crippen LogP contribution < -0.4 is 10.9 Å². The van der Waals surface area contributed by atoms with Crippen LogP contribution in [-0.2, 0) is 61.4 Å². The van der Waals surface area contributed by atoms with Crippen molar-refractivity contribution in [3.8, 4) is 5.69 Å². The zero-order valence-electron chi connectivity index (χ0n) is 31.2. The number of rotatable bonds is 22. The lowest BCUT2D eigenvalue weighted by Gasteiger charge is -2.35. The number of fused-ring (bicyclic) bond motifs is 5. The molecule has 14 nitrogen and oxygen atoms in total. The Hall–Kier alpha value is -3.67. The van der Waals surface area contributed by atoms with Crippen molar-refractivity contribution in [1.82, 2.24) is 14.9 Å². The van der Waals surface area contributed by atoms with E-state index in [0.717, 1.165) is 34.7 Å². The van der Waals surface area contributed by atoms with E-state index in [1.165, 1.54) is 18.6 Å². The molecule has 1 N–H and O–H groups in total. The van der Waals surface area contributed by atoms with Gasteiger partial charge in [0.1, 0.15) is 13.2 Å². The molecule has 0 bridgehead atoms. The molecule has 0 saturated carbocycles. The summed E-state index contributed by atoms with van der Waals surface area (Å²) in [6, 6.07) is 11.4. The molecule has 3 aromatic rings. The summed E-state index contributed by atoms with van der Waals surface area (Å²) < 4.78 is 39.9. The minimum Gasteiger partial charge on any atom is -0.457 e. The first kappa shape index (κ1) is 41.0. The van der Waals surface area contributed by atoms with Crippen LogP contribution in [0.3, 0.4) is 0 Å². The van der Waals surface area contributed by atoms with Crippen molar-refractivity contribution in [2.24, 2.45) is 0 Å². The fourth-order valence-electron chi connectivity index (χ4n) is 6.79. The Balaban J connectivity index is 0.816. The molecule has 2 aromatic heterocycles. The van der Waals surface area contributed by atoms with E-state index >= 15 is 0 Å². The smallest absolute Gasteiger partial charge is 0.457 e. The number of nitrogens with one attached hydrogen (secondary N) is 1. The lowest BCUT2D eigenvalue weighted by atomic mass is 9.85. The average molecular weight is 800 g/mol. The number of carbonyl (C=O) groups excluding carboxylic acids is 3. The van der Waals surface area contributed by atoms with E-state index < -0.39 is 17.7 Å². The zero-order chi connectivity index (χ0) is 38.5. The fraction of sp³-hybridized carbons (Fsp3) is 0.564. The van der Waals surface area contributed by atoms with Gasteiger partial charge in [0.25, 0.3) is 5.56 Å². The van der Waals surface area contributed by atoms with E-state index in [2.05, 4.69) is 5.32 Å². The molecule has 55 heavy (non-hydrogen) atoms. The number of carbonyl (C=O) groups is 3. The number of hydrogen-bond donors (Lipinski definition) is 1. The topological polar surface area (TPSA) is 163 Å². The standard InChI is InChI=1S/C39H49N3O11S2/c1-2-39(31-24-28-25-33-34(23-27-7-3-5-9-32(27)41-33)42(28)36(44)30(31)26-52-37(39)45)53-38(46)51-21-20-50-19-18-49-17-16-48-15-14-47-13-12-40-35(43)10-6-4-8-29-11-22-54-55-29/h3,5,7,9,23-24,29H,2,4,6,8,10-22,25-26H2,1H3,(H,40,43). The molecular formula is C39H49N3O11S2. The van der Waals surface area contributed by atoms with Crippen molar-refractivity contribution in [2.75, 3.05) is 71.8 Å². The molecule has 1 amide bonds. The van der Waals surface area contributed by atoms with Crippen LogP contribution >= 0.6 is 21.6 Å². The Kier molecular flexibility index (Phi) is 15.3. The molecule has 3 aliphatic heterocycles. The fourth-order valence-corrected chi connectivity index (χ4v) is 9.82. The molecule has 5 heterocycles. The van der Waals surface area contributed by atoms with Crippen LogP contribution in [0.25, 0.3) is 16.6 Å². The number of benzene rings is 1. The molecule has 16 heteroatoms. The molecule has 298 valence electrons. The van der Waals surface area contributed by atoms with Gasteiger partial charge in [0.05, 0.1) is 75.3 Å². The van der Waals surface area contributed by atoms with E-state index in [0.29, 0.717) is 76.0 Å². The number of ether oxygens (including phenoxy) is 7. The number of cyclic esters (lactones) is 1. The van der Waals surface area contributed by atoms with E-state index in [1.807, 2.05) is 51.9 Å². The lowest BCUT2D eigenvalue weighted by molar-refractivity contribution is -0.175. The maximum absolute atomic E-state index is 13.8. The second kappa shape index (κ2) is 20.5. The number of unbranched alkanes of at least 4 members (excludes halogenated alkanes) is 1. The zero-order valence-corrected chi connectivity index (χ0v) is 32.8. The van der Waals surface area contributed by atoms with Crippen molar-refractivity contribution >= 4 is 50.5 Å². The summed E-state index contributed by atoms with van der Waals surface area (Å²) in [6.07, 6.45) is 4.42. The van der Waals surface area contributed by atoms with Gasteiger partial charge in [-0.25, -0.2) is 9.59 Å². The van der Waals surface area contributed by atoms with E-state index in [-0.39, 0.29) is 49.9 Å². The number of hydrogen-bond acceptors (Lipinski definition) is 14. The molecule has 1 saturated heterocycles. The van der Waals surface area contributed by atoms with Crippen molar-refractivity contribution in [3.05, 3.63) is 69.3 Å². The minimum atomic E-state index is -1.83. The van der Waals surface area contributed by atoms with Crippen molar-refractivity contribution in [3.63, 3.8) is 0 Å². The Labute approximate surface area is 328 Å². The molecule has 2 unspecified atom stereocenters. The molecule has 2 atom stereocenters. The second-order valence-corrected chi connectivity index (χ2v) is 16.1. The maximum atomic E-state index is 13.8. The summed E-state index contributed by atoms with van der Waals surface area (Å²) in [4.78, 5) is 56.6. The molecule has 0 aliphatic carbocycles.